The SMILES string of the molecule is CN1CCc2cc3c(c4c2c1cc1ccccc14)OCO3. The van der Waals surface area contributed by atoms with Gasteiger partial charge >= 0.3 is 0 Å². The van der Waals surface area contributed by atoms with E-state index in [1.54, 1.807) is 0 Å². The van der Waals surface area contributed by atoms with Crippen molar-refractivity contribution >= 4 is 27.2 Å². The van der Waals surface area contributed by atoms with Crippen LogP contribution in [0, 0.1) is 0 Å². The second kappa shape index (κ2) is 3.82. The first-order valence-corrected chi connectivity index (χ1v) is 7.31. The van der Waals surface area contributed by atoms with Gasteiger partial charge in [0.2, 0.25) is 6.79 Å². The van der Waals surface area contributed by atoms with Gasteiger partial charge < -0.3 is 14.4 Å². The lowest BCUT2D eigenvalue weighted by Crippen LogP contribution is -2.24. The van der Waals surface area contributed by atoms with Crippen molar-refractivity contribution < 1.29 is 9.47 Å². The molecule has 0 fully saturated rings. The molecule has 0 spiro atoms. The Morgan fingerprint density at radius 3 is 2.90 bits per heavy atom. The van der Waals surface area contributed by atoms with Gasteiger partial charge in [-0.1, -0.05) is 24.3 Å². The Balaban J connectivity index is 2.08. The summed E-state index contributed by atoms with van der Waals surface area (Å²) in [5.74, 6) is 1.80. The Kier molecular flexibility index (Phi) is 2.05. The lowest BCUT2D eigenvalue weighted by atomic mass is 9.91. The second-order valence-electron chi connectivity index (χ2n) is 5.81. The molecule has 0 amide bonds. The zero-order valence-electron chi connectivity index (χ0n) is 11.8. The highest BCUT2D eigenvalue weighted by Crippen LogP contribution is 2.48. The van der Waals surface area contributed by atoms with Crippen molar-refractivity contribution in [2.75, 3.05) is 25.3 Å². The summed E-state index contributed by atoms with van der Waals surface area (Å²) in [6.07, 6.45) is 1.05. The molecule has 2 heterocycles. The quantitative estimate of drug-likeness (QED) is 0.585. The second-order valence-corrected chi connectivity index (χ2v) is 5.81. The number of fused-ring (bicyclic) bond motifs is 4. The summed E-state index contributed by atoms with van der Waals surface area (Å²) in [6, 6.07) is 13.0. The first kappa shape index (κ1) is 11.3. The molecule has 0 N–H and O–H groups in total. The van der Waals surface area contributed by atoms with Gasteiger partial charge in [-0.3, -0.25) is 0 Å². The summed E-state index contributed by atoms with van der Waals surface area (Å²) in [5, 5.41) is 5.03. The van der Waals surface area contributed by atoms with Gasteiger partial charge in [-0.2, -0.15) is 0 Å². The number of ether oxygens (including phenoxy) is 2. The van der Waals surface area contributed by atoms with Crippen molar-refractivity contribution in [2.24, 2.45) is 0 Å². The maximum absolute atomic E-state index is 5.79. The van der Waals surface area contributed by atoms with E-state index in [0.29, 0.717) is 6.79 Å². The van der Waals surface area contributed by atoms with Gasteiger partial charge in [0.05, 0.1) is 0 Å². The third kappa shape index (κ3) is 1.38. The van der Waals surface area contributed by atoms with Crippen LogP contribution in [0.1, 0.15) is 5.56 Å². The molecule has 0 atom stereocenters. The van der Waals surface area contributed by atoms with Crippen molar-refractivity contribution in [1.82, 2.24) is 0 Å². The molecule has 21 heavy (non-hydrogen) atoms. The minimum absolute atomic E-state index is 0.322. The van der Waals surface area contributed by atoms with Gasteiger partial charge in [-0.15, -0.1) is 0 Å². The highest BCUT2D eigenvalue weighted by molar-refractivity contribution is 6.18. The molecule has 5 rings (SSSR count). The topological polar surface area (TPSA) is 21.7 Å². The Morgan fingerprint density at radius 2 is 1.95 bits per heavy atom. The van der Waals surface area contributed by atoms with Crippen LogP contribution in [0.15, 0.2) is 36.4 Å². The zero-order valence-corrected chi connectivity index (χ0v) is 11.8. The minimum atomic E-state index is 0.322. The first-order valence-electron chi connectivity index (χ1n) is 7.31. The average Bonchev–Trinajstić information content (AvgIpc) is 2.98. The number of hydrogen-bond donors (Lipinski definition) is 0. The fourth-order valence-electron chi connectivity index (χ4n) is 3.62. The fraction of sp³-hybridized carbons (Fsp3) is 0.222. The summed E-state index contributed by atoms with van der Waals surface area (Å²) >= 11 is 0. The van der Waals surface area contributed by atoms with Crippen LogP contribution in [0.4, 0.5) is 5.69 Å². The minimum Gasteiger partial charge on any atom is -0.454 e. The van der Waals surface area contributed by atoms with E-state index in [-0.39, 0.29) is 0 Å². The molecule has 0 saturated heterocycles. The third-order valence-corrected chi connectivity index (χ3v) is 4.65. The fourth-order valence-corrected chi connectivity index (χ4v) is 3.62. The number of anilines is 1. The van der Waals surface area contributed by atoms with Crippen LogP contribution in [0.5, 0.6) is 11.5 Å². The molecular formula is C18H15NO2. The molecule has 0 saturated carbocycles. The van der Waals surface area contributed by atoms with Gasteiger partial charge in [-0.05, 0) is 34.9 Å². The lowest BCUT2D eigenvalue weighted by molar-refractivity contribution is 0.175. The van der Waals surface area contributed by atoms with E-state index in [0.717, 1.165) is 24.5 Å². The molecule has 3 heteroatoms. The van der Waals surface area contributed by atoms with Gasteiger partial charge in [-0.25, -0.2) is 0 Å². The standard InChI is InChI=1S/C18H15NO2/c1-19-7-6-12-9-15-18(21-10-20-15)17-13-5-3-2-4-11(13)8-14(19)16(12)17/h2-5,8-9H,6-7,10H2,1H3. The maximum atomic E-state index is 5.79. The van der Waals surface area contributed by atoms with E-state index < -0.39 is 0 Å². The van der Waals surface area contributed by atoms with E-state index in [4.69, 9.17) is 9.47 Å². The van der Waals surface area contributed by atoms with Gasteiger partial charge in [0, 0.05) is 30.1 Å². The van der Waals surface area contributed by atoms with Crippen molar-refractivity contribution in [1.29, 1.82) is 0 Å². The maximum Gasteiger partial charge on any atom is 0.231 e. The number of rotatable bonds is 0. The highest BCUT2D eigenvalue weighted by Gasteiger charge is 2.26. The summed E-state index contributed by atoms with van der Waals surface area (Å²) in [6.45, 7) is 1.36. The van der Waals surface area contributed by atoms with Crippen LogP contribution in [-0.2, 0) is 6.42 Å². The molecule has 0 bridgehead atoms. The van der Waals surface area contributed by atoms with Crippen LogP contribution in [-0.4, -0.2) is 20.4 Å². The Bertz CT molecular complexity index is 901. The number of benzene rings is 3. The molecule has 3 aromatic carbocycles. The van der Waals surface area contributed by atoms with Crippen molar-refractivity contribution in [3.05, 3.63) is 42.0 Å². The average molecular weight is 277 g/mol. The molecule has 0 radical (unpaired) electrons. The molecule has 0 aromatic heterocycles. The predicted octanol–water partition coefficient (Wildman–Crippen LogP) is 3.71. The highest BCUT2D eigenvalue weighted by atomic mass is 16.7. The van der Waals surface area contributed by atoms with E-state index in [9.17, 15) is 0 Å². The Hall–Kier alpha value is -2.42. The van der Waals surface area contributed by atoms with Crippen molar-refractivity contribution in [3.8, 4) is 11.5 Å². The predicted molar refractivity (Wildman–Crippen MR) is 84.6 cm³/mol. The number of likely N-dealkylation sites (N-methyl/N-ethyl adjacent to an activating group) is 1. The van der Waals surface area contributed by atoms with Crippen LogP contribution < -0.4 is 14.4 Å². The first-order chi connectivity index (χ1) is 10.3. The molecular weight excluding hydrogens is 262 g/mol. The largest absolute Gasteiger partial charge is 0.454 e. The summed E-state index contributed by atoms with van der Waals surface area (Å²) in [4.78, 5) is 2.34. The Morgan fingerprint density at radius 1 is 1.05 bits per heavy atom. The van der Waals surface area contributed by atoms with E-state index in [2.05, 4.69) is 48.3 Å². The van der Waals surface area contributed by atoms with E-state index in [1.165, 1.54) is 32.8 Å². The molecule has 2 aliphatic heterocycles. The van der Waals surface area contributed by atoms with Gasteiger partial charge in [0.15, 0.2) is 11.5 Å². The smallest absolute Gasteiger partial charge is 0.231 e. The van der Waals surface area contributed by atoms with Gasteiger partial charge in [0.1, 0.15) is 0 Å². The summed E-state index contributed by atoms with van der Waals surface area (Å²) < 4.78 is 11.4. The van der Waals surface area contributed by atoms with Crippen molar-refractivity contribution in [3.63, 3.8) is 0 Å². The van der Waals surface area contributed by atoms with E-state index >= 15 is 0 Å². The third-order valence-electron chi connectivity index (χ3n) is 4.65. The lowest BCUT2D eigenvalue weighted by Gasteiger charge is -2.29. The van der Waals surface area contributed by atoms with Gasteiger partial charge in [0.25, 0.3) is 0 Å². The van der Waals surface area contributed by atoms with Crippen molar-refractivity contribution in [2.45, 2.75) is 6.42 Å². The summed E-state index contributed by atoms with van der Waals surface area (Å²) in [5.41, 5.74) is 2.66. The summed E-state index contributed by atoms with van der Waals surface area (Å²) in [7, 11) is 2.16. The Labute approximate surface area is 122 Å². The number of nitrogens with zero attached hydrogens (tertiary/aromatic N) is 1. The van der Waals surface area contributed by atoms with Crippen LogP contribution in [0.2, 0.25) is 0 Å². The zero-order chi connectivity index (χ0) is 14.0. The molecule has 0 unspecified atom stereocenters. The van der Waals surface area contributed by atoms with Crippen LogP contribution in [0.3, 0.4) is 0 Å². The molecule has 104 valence electrons. The monoisotopic (exact) mass is 277 g/mol. The molecule has 2 aliphatic rings. The van der Waals surface area contributed by atoms with Crippen LogP contribution >= 0.6 is 0 Å². The van der Waals surface area contributed by atoms with Crippen LogP contribution in [0.25, 0.3) is 21.5 Å². The molecule has 3 aromatic rings. The molecule has 3 nitrogen and oxygen atoms in total. The molecule has 0 aliphatic carbocycles. The number of hydrogen-bond acceptors (Lipinski definition) is 3. The normalized spacial score (nSPS) is 16.0. The van der Waals surface area contributed by atoms with E-state index in [1.807, 2.05) is 0 Å².